The van der Waals surface area contributed by atoms with Gasteiger partial charge in [0, 0.05) is 6.54 Å². The molecule has 1 aromatic heterocycles. The number of benzene rings is 1. The Hall–Kier alpha value is -2.01. The summed E-state index contributed by atoms with van der Waals surface area (Å²) in [6.07, 6.45) is 5.51. The van der Waals surface area contributed by atoms with Gasteiger partial charge in [-0.3, -0.25) is 4.98 Å². The van der Waals surface area contributed by atoms with E-state index in [9.17, 15) is 0 Å². The summed E-state index contributed by atoms with van der Waals surface area (Å²) in [4.78, 5) is 10.6. The lowest BCUT2D eigenvalue weighted by atomic mass is 10.1. The van der Waals surface area contributed by atoms with Crippen LogP contribution >= 0.6 is 11.6 Å². The van der Waals surface area contributed by atoms with Gasteiger partial charge >= 0.3 is 0 Å². The van der Waals surface area contributed by atoms with Gasteiger partial charge in [0.15, 0.2) is 11.5 Å². The second kappa shape index (κ2) is 7.71. The van der Waals surface area contributed by atoms with E-state index in [2.05, 4.69) is 14.9 Å². The second-order valence-corrected chi connectivity index (χ2v) is 6.53. The number of nitrogens with zero attached hydrogens (tertiary/aromatic N) is 3. The third-order valence-corrected chi connectivity index (χ3v) is 3.98. The first-order valence-corrected chi connectivity index (χ1v) is 8.64. The molecule has 2 heterocycles. The minimum absolute atomic E-state index is 0.0800. The molecule has 1 aliphatic rings. The highest BCUT2D eigenvalue weighted by molar-refractivity contribution is 6.29. The van der Waals surface area contributed by atoms with Crippen LogP contribution in [0.15, 0.2) is 36.7 Å². The maximum atomic E-state index is 6.22. The molecule has 0 amide bonds. The molecule has 0 spiro atoms. The summed E-state index contributed by atoms with van der Waals surface area (Å²) < 4.78 is 12.1. The van der Waals surface area contributed by atoms with Crippen LogP contribution in [0.2, 0.25) is 5.15 Å². The molecule has 1 aliphatic heterocycles. The van der Waals surface area contributed by atoms with Crippen LogP contribution in [-0.4, -0.2) is 35.3 Å². The van der Waals surface area contributed by atoms with Gasteiger partial charge in [0.05, 0.1) is 25.0 Å². The lowest BCUT2D eigenvalue weighted by Crippen LogP contribution is -2.41. The molecule has 1 atom stereocenters. The van der Waals surface area contributed by atoms with E-state index in [1.54, 1.807) is 12.4 Å². The molecule has 128 valence electrons. The first kappa shape index (κ1) is 16.8. The minimum atomic E-state index is 0.0800. The molecule has 1 saturated heterocycles. The van der Waals surface area contributed by atoms with Crippen molar-refractivity contribution >= 4 is 17.4 Å². The summed E-state index contributed by atoms with van der Waals surface area (Å²) in [5.74, 6) is 2.37. The van der Waals surface area contributed by atoms with Gasteiger partial charge < -0.3 is 14.4 Å². The van der Waals surface area contributed by atoms with Crippen LogP contribution in [0.5, 0.6) is 11.5 Å². The van der Waals surface area contributed by atoms with Crippen molar-refractivity contribution in [1.29, 1.82) is 0 Å². The average molecular weight is 348 g/mol. The number of aromatic nitrogens is 2. The Morgan fingerprint density at radius 1 is 1.21 bits per heavy atom. The molecular formula is C18H22ClN3O2. The largest absolute Gasteiger partial charge is 0.487 e. The molecule has 24 heavy (non-hydrogen) atoms. The van der Waals surface area contributed by atoms with Crippen LogP contribution < -0.4 is 14.4 Å². The summed E-state index contributed by atoms with van der Waals surface area (Å²) in [5.41, 5.74) is 0. The molecule has 0 aliphatic carbocycles. The van der Waals surface area contributed by atoms with E-state index in [0.29, 0.717) is 5.15 Å². The summed E-state index contributed by atoms with van der Waals surface area (Å²) in [5, 5.41) is 0.409. The molecule has 0 radical (unpaired) electrons. The Bertz CT molecular complexity index is 681. The Morgan fingerprint density at radius 3 is 2.75 bits per heavy atom. The van der Waals surface area contributed by atoms with E-state index in [-0.39, 0.29) is 12.2 Å². The van der Waals surface area contributed by atoms with Crippen LogP contribution in [0.3, 0.4) is 0 Å². The zero-order chi connectivity index (χ0) is 16.9. The smallest absolute Gasteiger partial charge is 0.161 e. The van der Waals surface area contributed by atoms with Gasteiger partial charge in [0.25, 0.3) is 0 Å². The van der Waals surface area contributed by atoms with Gasteiger partial charge in [-0.2, -0.15) is 0 Å². The maximum Gasteiger partial charge on any atom is 0.161 e. The third kappa shape index (κ3) is 4.29. The molecular weight excluding hydrogens is 326 g/mol. The lowest BCUT2D eigenvalue weighted by Gasteiger charge is -2.33. The van der Waals surface area contributed by atoms with Crippen molar-refractivity contribution in [2.75, 3.05) is 18.0 Å². The van der Waals surface area contributed by atoms with E-state index < -0.39 is 0 Å². The zero-order valence-corrected chi connectivity index (χ0v) is 14.7. The highest BCUT2D eigenvalue weighted by atomic mass is 35.5. The molecule has 1 aromatic carbocycles. The number of piperidine rings is 1. The molecule has 6 heteroatoms. The van der Waals surface area contributed by atoms with Gasteiger partial charge in [-0.1, -0.05) is 23.7 Å². The first-order valence-electron chi connectivity index (χ1n) is 8.26. The highest BCUT2D eigenvalue weighted by Gasteiger charge is 2.23. The summed E-state index contributed by atoms with van der Waals surface area (Å²) in [7, 11) is 0. The van der Waals surface area contributed by atoms with Crippen molar-refractivity contribution in [2.45, 2.75) is 38.9 Å². The predicted molar refractivity (Wildman–Crippen MR) is 95.1 cm³/mol. The number of para-hydroxylation sites is 2. The van der Waals surface area contributed by atoms with Crippen LogP contribution in [0.25, 0.3) is 0 Å². The predicted octanol–water partition coefficient (Wildman–Crippen LogP) is 3.97. The lowest BCUT2D eigenvalue weighted by molar-refractivity contribution is 0.161. The molecule has 0 bridgehead atoms. The van der Waals surface area contributed by atoms with Gasteiger partial charge in [-0.25, -0.2) is 4.98 Å². The highest BCUT2D eigenvalue weighted by Crippen LogP contribution is 2.30. The SMILES string of the molecule is CC(C)Oc1ccccc1O[C@@H]1CCCN(c2cncc(Cl)n2)C1. The van der Waals surface area contributed by atoms with Crippen molar-refractivity contribution in [3.63, 3.8) is 0 Å². The summed E-state index contributed by atoms with van der Waals surface area (Å²) in [6, 6.07) is 7.82. The van der Waals surface area contributed by atoms with Crippen LogP contribution in [0, 0.1) is 0 Å². The number of anilines is 1. The Labute approximate surface area is 147 Å². The fourth-order valence-corrected chi connectivity index (χ4v) is 2.95. The number of hydrogen-bond acceptors (Lipinski definition) is 5. The molecule has 3 rings (SSSR count). The molecule has 0 unspecified atom stereocenters. The van der Waals surface area contributed by atoms with E-state index in [0.717, 1.165) is 43.2 Å². The van der Waals surface area contributed by atoms with Crippen LogP contribution in [-0.2, 0) is 0 Å². The monoisotopic (exact) mass is 347 g/mol. The zero-order valence-electron chi connectivity index (χ0n) is 14.0. The van der Waals surface area contributed by atoms with Gasteiger partial charge in [-0.05, 0) is 38.8 Å². The van der Waals surface area contributed by atoms with Crippen molar-refractivity contribution in [3.8, 4) is 11.5 Å². The Morgan fingerprint density at radius 2 is 2.00 bits per heavy atom. The number of hydrogen-bond donors (Lipinski definition) is 0. The number of ether oxygens (including phenoxy) is 2. The molecule has 5 nitrogen and oxygen atoms in total. The van der Waals surface area contributed by atoms with E-state index in [4.69, 9.17) is 21.1 Å². The topological polar surface area (TPSA) is 47.5 Å². The van der Waals surface area contributed by atoms with Crippen molar-refractivity contribution in [1.82, 2.24) is 9.97 Å². The van der Waals surface area contributed by atoms with Crippen molar-refractivity contribution in [3.05, 3.63) is 41.8 Å². The van der Waals surface area contributed by atoms with Gasteiger partial charge in [0.2, 0.25) is 0 Å². The van der Waals surface area contributed by atoms with E-state index in [1.165, 1.54) is 0 Å². The summed E-state index contributed by atoms with van der Waals surface area (Å²) in [6.45, 7) is 5.71. The summed E-state index contributed by atoms with van der Waals surface area (Å²) >= 11 is 5.95. The fourth-order valence-electron chi connectivity index (χ4n) is 2.81. The molecule has 1 fully saturated rings. The molecule has 2 aromatic rings. The normalized spacial score (nSPS) is 17.8. The van der Waals surface area contributed by atoms with Crippen LogP contribution in [0.1, 0.15) is 26.7 Å². The minimum Gasteiger partial charge on any atom is -0.487 e. The van der Waals surface area contributed by atoms with Gasteiger partial charge in [0.1, 0.15) is 17.1 Å². The number of halogens is 1. The van der Waals surface area contributed by atoms with Crippen LogP contribution in [0.4, 0.5) is 5.82 Å². The second-order valence-electron chi connectivity index (χ2n) is 6.14. The van der Waals surface area contributed by atoms with Crippen molar-refractivity contribution in [2.24, 2.45) is 0 Å². The van der Waals surface area contributed by atoms with Gasteiger partial charge in [-0.15, -0.1) is 0 Å². The quantitative estimate of drug-likeness (QED) is 0.819. The maximum absolute atomic E-state index is 6.22. The number of rotatable bonds is 5. The van der Waals surface area contributed by atoms with Crippen molar-refractivity contribution < 1.29 is 9.47 Å². The standard InChI is InChI=1S/C18H22ClN3O2/c1-13(2)23-15-7-3-4-8-16(15)24-14-6-5-9-22(12-14)18-11-20-10-17(19)21-18/h3-4,7-8,10-11,13-14H,5-6,9,12H2,1-2H3/t14-/m1/s1. The molecule has 0 saturated carbocycles. The fraction of sp³-hybridized carbons (Fsp3) is 0.444. The molecule has 0 N–H and O–H groups in total. The van der Waals surface area contributed by atoms with E-state index >= 15 is 0 Å². The van der Waals surface area contributed by atoms with E-state index in [1.807, 2.05) is 38.1 Å². The Kier molecular flexibility index (Phi) is 5.41. The average Bonchev–Trinajstić information content (AvgIpc) is 2.56. The third-order valence-electron chi connectivity index (χ3n) is 3.80. The Balaban J connectivity index is 1.70. The first-order chi connectivity index (χ1) is 11.6.